The van der Waals surface area contributed by atoms with Gasteiger partial charge >= 0.3 is 6.18 Å². The van der Waals surface area contributed by atoms with Crippen LogP contribution in [0.15, 0.2) is 77.7 Å². The van der Waals surface area contributed by atoms with Crippen LogP contribution in [-0.4, -0.2) is 67.4 Å². The lowest BCUT2D eigenvalue weighted by Gasteiger charge is -2.36. The van der Waals surface area contributed by atoms with Crippen molar-refractivity contribution in [3.63, 3.8) is 0 Å². The quantitative estimate of drug-likeness (QED) is 0.227. The van der Waals surface area contributed by atoms with Crippen molar-refractivity contribution in [2.45, 2.75) is 36.5 Å². The van der Waals surface area contributed by atoms with Crippen LogP contribution in [-0.2, 0) is 27.5 Å². The summed E-state index contributed by atoms with van der Waals surface area (Å²) < 4.78 is 96.5. The Kier molecular flexibility index (Phi) is 9.78. The standard InChI is InChI=1S/C33H30ClF5N6O3S/c34-24-5-3-9-29(30(24)36)49(47,48)45-14-4-8-28(45)31(46)40-20-23-19-26(21-10-12-22(13-11-21)33(37,38)39)42-32(41-23)44-17-15-43(16-18-44)27-7-2-1-6-25(27)35/h1-3,5-7,9-13,19,28H,4,8,14-18,20H2,(H,40,46)/t28-/m0/s1. The number of carbonyl (C=O) groups is 1. The lowest BCUT2D eigenvalue weighted by Crippen LogP contribution is -2.47. The van der Waals surface area contributed by atoms with E-state index in [4.69, 9.17) is 11.6 Å². The molecule has 0 saturated carbocycles. The van der Waals surface area contributed by atoms with Gasteiger partial charge in [0, 0.05) is 38.3 Å². The first-order valence-electron chi connectivity index (χ1n) is 15.4. The molecule has 1 atom stereocenters. The van der Waals surface area contributed by atoms with Gasteiger partial charge in [-0.25, -0.2) is 27.2 Å². The molecule has 0 spiro atoms. The number of para-hydroxylation sites is 1. The van der Waals surface area contributed by atoms with Gasteiger partial charge < -0.3 is 15.1 Å². The van der Waals surface area contributed by atoms with Crippen LogP contribution in [0.3, 0.4) is 0 Å². The molecule has 4 aromatic rings. The minimum atomic E-state index is -4.52. The Labute approximate surface area is 284 Å². The summed E-state index contributed by atoms with van der Waals surface area (Å²) in [5, 5.41) is 2.36. The van der Waals surface area contributed by atoms with Crippen molar-refractivity contribution < 1.29 is 35.2 Å². The monoisotopic (exact) mass is 720 g/mol. The van der Waals surface area contributed by atoms with Gasteiger partial charge in [-0.3, -0.25) is 4.79 Å². The topological polar surface area (TPSA) is 98.7 Å². The van der Waals surface area contributed by atoms with E-state index in [1.54, 1.807) is 18.2 Å². The van der Waals surface area contributed by atoms with E-state index in [9.17, 15) is 35.2 Å². The summed E-state index contributed by atoms with van der Waals surface area (Å²) in [7, 11) is -4.40. The van der Waals surface area contributed by atoms with E-state index in [0.717, 1.165) is 22.5 Å². The SMILES string of the molecule is O=C(NCc1cc(-c2ccc(C(F)(F)F)cc2)nc(N2CCN(c3ccccc3F)CC2)n1)[C@@H]1CCCN1S(=O)(=O)c1cccc(Cl)c1F. The largest absolute Gasteiger partial charge is 0.416 e. The first kappa shape index (κ1) is 34.5. The van der Waals surface area contributed by atoms with Gasteiger partial charge in [0.25, 0.3) is 0 Å². The number of nitrogens with one attached hydrogen (secondary N) is 1. The predicted molar refractivity (Wildman–Crippen MR) is 173 cm³/mol. The molecule has 2 fully saturated rings. The molecule has 6 rings (SSSR count). The van der Waals surface area contributed by atoms with E-state index in [1.165, 1.54) is 36.4 Å². The lowest BCUT2D eigenvalue weighted by atomic mass is 10.1. The average Bonchev–Trinajstić information content (AvgIpc) is 3.60. The number of piperazine rings is 1. The van der Waals surface area contributed by atoms with E-state index >= 15 is 0 Å². The highest BCUT2D eigenvalue weighted by molar-refractivity contribution is 7.89. The van der Waals surface area contributed by atoms with Gasteiger partial charge in [0.15, 0.2) is 5.82 Å². The number of hydrogen-bond acceptors (Lipinski definition) is 7. The second kappa shape index (κ2) is 13.9. The van der Waals surface area contributed by atoms with Crippen LogP contribution in [0, 0.1) is 11.6 Å². The van der Waals surface area contributed by atoms with Gasteiger partial charge in [0.1, 0.15) is 16.8 Å². The van der Waals surface area contributed by atoms with E-state index in [-0.39, 0.29) is 36.3 Å². The zero-order chi connectivity index (χ0) is 34.9. The Hall–Kier alpha value is -4.34. The second-order valence-electron chi connectivity index (χ2n) is 11.6. The molecule has 0 unspecified atom stereocenters. The molecule has 2 aliphatic heterocycles. The molecular formula is C33H30ClF5N6O3S. The third-order valence-corrected chi connectivity index (χ3v) is 10.7. The lowest BCUT2D eigenvalue weighted by molar-refractivity contribution is -0.137. The highest BCUT2D eigenvalue weighted by Crippen LogP contribution is 2.32. The van der Waals surface area contributed by atoms with Crippen LogP contribution in [0.4, 0.5) is 33.6 Å². The van der Waals surface area contributed by atoms with Gasteiger partial charge in [0.05, 0.1) is 34.2 Å². The van der Waals surface area contributed by atoms with Crippen LogP contribution >= 0.6 is 11.6 Å². The van der Waals surface area contributed by atoms with Crippen molar-refractivity contribution in [1.82, 2.24) is 19.6 Å². The van der Waals surface area contributed by atoms with E-state index in [0.29, 0.717) is 55.2 Å². The maximum Gasteiger partial charge on any atom is 0.416 e. The zero-order valence-corrected chi connectivity index (χ0v) is 27.4. The average molecular weight is 721 g/mol. The van der Waals surface area contributed by atoms with Crippen LogP contribution in [0.1, 0.15) is 24.1 Å². The molecule has 3 aromatic carbocycles. The molecule has 16 heteroatoms. The van der Waals surface area contributed by atoms with Crippen molar-refractivity contribution in [1.29, 1.82) is 0 Å². The van der Waals surface area contributed by atoms with Crippen molar-refractivity contribution in [3.05, 3.63) is 101 Å². The minimum Gasteiger partial charge on any atom is -0.366 e. The zero-order valence-electron chi connectivity index (χ0n) is 25.8. The summed E-state index contributed by atoms with van der Waals surface area (Å²) in [6.07, 6.45) is -3.96. The van der Waals surface area contributed by atoms with Crippen molar-refractivity contribution in [3.8, 4) is 11.3 Å². The summed E-state index contributed by atoms with van der Waals surface area (Å²) in [6, 6.07) is 15.0. The first-order chi connectivity index (χ1) is 23.3. The number of halogens is 6. The van der Waals surface area contributed by atoms with Crippen molar-refractivity contribution >= 4 is 39.2 Å². The molecule has 1 aromatic heterocycles. The number of alkyl halides is 3. The summed E-state index contributed by atoms with van der Waals surface area (Å²) in [5.74, 6) is -1.82. The summed E-state index contributed by atoms with van der Waals surface area (Å²) in [4.78, 5) is 25.8. The van der Waals surface area contributed by atoms with Gasteiger partial charge in [-0.2, -0.15) is 17.5 Å². The summed E-state index contributed by atoms with van der Waals surface area (Å²) in [5.41, 5.74) is 0.645. The molecule has 49 heavy (non-hydrogen) atoms. The second-order valence-corrected chi connectivity index (χ2v) is 13.9. The molecule has 3 heterocycles. The minimum absolute atomic E-state index is 0.000949. The Morgan fingerprint density at radius 2 is 1.59 bits per heavy atom. The van der Waals surface area contributed by atoms with Gasteiger partial charge in [-0.1, -0.05) is 41.9 Å². The predicted octanol–water partition coefficient (Wildman–Crippen LogP) is 5.89. The van der Waals surface area contributed by atoms with Crippen LogP contribution < -0.4 is 15.1 Å². The van der Waals surface area contributed by atoms with Crippen LogP contribution in [0.2, 0.25) is 5.02 Å². The Morgan fingerprint density at radius 1 is 0.898 bits per heavy atom. The van der Waals surface area contributed by atoms with E-state index in [2.05, 4.69) is 15.3 Å². The number of anilines is 2. The Balaban J connectivity index is 1.23. The molecule has 1 amide bonds. The molecular weight excluding hydrogens is 691 g/mol. The Bertz CT molecular complexity index is 1960. The molecule has 258 valence electrons. The summed E-state index contributed by atoms with van der Waals surface area (Å²) in [6.45, 7) is 1.55. The fourth-order valence-corrected chi connectivity index (χ4v) is 7.92. The number of sulfonamides is 1. The number of carbonyl (C=O) groups excluding carboxylic acids is 1. The number of amides is 1. The smallest absolute Gasteiger partial charge is 0.366 e. The van der Waals surface area contributed by atoms with E-state index in [1.807, 2.05) is 9.80 Å². The number of nitrogens with zero attached hydrogens (tertiary/aromatic N) is 5. The van der Waals surface area contributed by atoms with Gasteiger partial charge in [-0.15, -0.1) is 0 Å². The third-order valence-electron chi connectivity index (χ3n) is 8.48. The molecule has 2 aliphatic rings. The number of hydrogen-bond donors (Lipinski definition) is 1. The molecule has 9 nitrogen and oxygen atoms in total. The van der Waals surface area contributed by atoms with Crippen molar-refractivity contribution in [2.75, 3.05) is 42.5 Å². The number of aromatic nitrogens is 2. The summed E-state index contributed by atoms with van der Waals surface area (Å²) >= 11 is 5.82. The third kappa shape index (κ3) is 7.33. The molecule has 0 aliphatic carbocycles. The fourth-order valence-electron chi connectivity index (χ4n) is 5.94. The van der Waals surface area contributed by atoms with Gasteiger partial charge in [-0.05, 0) is 55.3 Å². The maximum absolute atomic E-state index is 14.7. The highest BCUT2D eigenvalue weighted by Gasteiger charge is 2.41. The van der Waals surface area contributed by atoms with Crippen molar-refractivity contribution in [2.24, 2.45) is 0 Å². The fraction of sp³-hybridized carbons (Fsp3) is 0.303. The van der Waals surface area contributed by atoms with Crippen LogP contribution in [0.5, 0.6) is 0 Å². The normalized spacial score (nSPS) is 17.4. The van der Waals surface area contributed by atoms with E-state index < -0.39 is 44.4 Å². The molecule has 0 radical (unpaired) electrons. The van der Waals surface area contributed by atoms with Gasteiger partial charge in [0.2, 0.25) is 21.9 Å². The first-order valence-corrected chi connectivity index (χ1v) is 17.2. The number of rotatable bonds is 8. The number of benzene rings is 3. The molecule has 1 N–H and O–H groups in total. The highest BCUT2D eigenvalue weighted by atomic mass is 35.5. The van der Waals surface area contributed by atoms with Crippen LogP contribution in [0.25, 0.3) is 11.3 Å². The Morgan fingerprint density at radius 3 is 2.29 bits per heavy atom. The molecule has 2 saturated heterocycles. The maximum atomic E-state index is 14.7. The molecule has 0 bridgehead atoms.